The summed E-state index contributed by atoms with van der Waals surface area (Å²) in [4.78, 5) is 11.0. The average molecular weight is 368 g/mol. The third-order valence-corrected chi connectivity index (χ3v) is 6.29. The molecule has 138 valence electrons. The molecule has 26 heavy (non-hydrogen) atoms. The van der Waals surface area contributed by atoms with E-state index in [0.717, 1.165) is 31.4 Å². The molecule has 1 aromatic carbocycles. The Morgan fingerprint density at radius 3 is 2.08 bits per heavy atom. The van der Waals surface area contributed by atoms with Gasteiger partial charge in [0.1, 0.15) is 5.60 Å². The van der Waals surface area contributed by atoms with E-state index in [4.69, 9.17) is 9.47 Å². The molecule has 4 nitrogen and oxygen atoms in total. The van der Waals surface area contributed by atoms with Gasteiger partial charge in [0.15, 0.2) is 0 Å². The number of aliphatic carboxylic acids is 1. The van der Waals surface area contributed by atoms with Gasteiger partial charge in [0.2, 0.25) is 0 Å². The molecule has 0 aliphatic heterocycles. The van der Waals surface area contributed by atoms with Gasteiger partial charge in [0.05, 0.1) is 18.2 Å². The molecule has 3 aliphatic carbocycles. The number of hydrogen-bond acceptors (Lipinski definition) is 4. The maximum absolute atomic E-state index is 11.0. The molecular weight excluding hydrogens is 339 g/mol. The number of ether oxygens (including phenoxy) is 2. The van der Waals surface area contributed by atoms with Crippen molar-refractivity contribution >= 4 is 5.97 Å². The van der Waals surface area contributed by atoms with Crippen molar-refractivity contribution in [2.45, 2.75) is 82.5 Å². The second-order valence-electron chi connectivity index (χ2n) is 8.18. The molecule has 0 N–H and O–H groups in total. The minimum Gasteiger partial charge on any atom is -0.547 e. The van der Waals surface area contributed by atoms with Crippen LogP contribution in [0.4, 0.5) is 0 Å². The largest absolute Gasteiger partial charge is 1.00 e. The van der Waals surface area contributed by atoms with Gasteiger partial charge >= 0.3 is 29.6 Å². The van der Waals surface area contributed by atoms with Gasteiger partial charge in [-0.3, -0.25) is 0 Å². The molecule has 2 bridgehead atoms. The van der Waals surface area contributed by atoms with E-state index in [1.165, 1.54) is 38.7 Å². The van der Waals surface area contributed by atoms with Crippen molar-refractivity contribution in [1.82, 2.24) is 0 Å². The fourth-order valence-electron chi connectivity index (χ4n) is 4.38. The predicted octanol–water partition coefficient (Wildman–Crippen LogP) is 0.117. The number of benzene rings is 1. The number of fused-ring (bicyclic) bond motifs is 3. The quantitative estimate of drug-likeness (QED) is 0.642. The molecule has 0 saturated heterocycles. The van der Waals surface area contributed by atoms with Crippen LogP contribution in [-0.2, 0) is 26.3 Å². The monoisotopic (exact) mass is 368 g/mol. The van der Waals surface area contributed by atoms with Crippen molar-refractivity contribution in [3.8, 4) is 0 Å². The van der Waals surface area contributed by atoms with E-state index in [1.54, 1.807) is 0 Å². The third kappa shape index (κ3) is 4.36. The van der Waals surface area contributed by atoms with Crippen LogP contribution in [0.15, 0.2) is 24.3 Å². The van der Waals surface area contributed by atoms with Gasteiger partial charge in [-0.1, -0.05) is 24.3 Å². The Morgan fingerprint density at radius 1 is 1.08 bits per heavy atom. The molecule has 0 unspecified atom stereocenters. The average Bonchev–Trinajstić information content (AvgIpc) is 2.62. The molecule has 0 radical (unpaired) electrons. The summed E-state index contributed by atoms with van der Waals surface area (Å²) < 4.78 is 11.6. The molecule has 0 amide bonds. The van der Waals surface area contributed by atoms with Gasteiger partial charge < -0.3 is 19.4 Å². The van der Waals surface area contributed by atoms with Crippen molar-refractivity contribution in [3.63, 3.8) is 0 Å². The standard InChI is InChI=1S/C21H30O4.Na/c1-4-24-21-12-9-20(10-13-21,11-14-21)17-7-5-16(6-8-17)15-25-19(2,3)18(22)23;/h5-8H,4,9-15H2,1-3H3,(H,22,23);/q;+1/p-1. The van der Waals surface area contributed by atoms with E-state index < -0.39 is 11.6 Å². The van der Waals surface area contributed by atoms with Gasteiger partial charge in [0, 0.05) is 6.61 Å². The van der Waals surface area contributed by atoms with Crippen LogP contribution in [0.25, 0.3) is 0 Å². The van der Waals surface area contributed by atoms with E-state index in [-0.39, 0.29) is 41.8 Å². The van der Waals surface area contributed by atoms with Crippen LogP contribution in [-0.4, -0.2) is 23.8 Å². The Bertz CT molecular complexity index is 599. The Labute approximate surface area is 178 Å². The summed E-state index contributed by atoms with van der Waals surface area (Å²) in [6.45, 7) is 6.22. The Morgan fingerprint density at radius 2 is 1.62 bits per heavy atom. The number of carbonyl (C=O) groups is 1. The molecule has 3 aliphatic rings. The van der Waals surface area contributed by atoms with Gasteiger partial charge in [-0.25, -0.2) is 0 Å². The van der Waals surface area contributed by atoms with Gasteiger partial charge in [-0.05, 0) is 75.8 Å². The summed E-state index contributed by atoms with van der Waals surface area (Å²) in [7, 11) is 0. The van der Waals surface area contributed by atoms with Crippen LogP contribution in [0.3, 0.4) is 0 Å². The summed E-state index contributed by atoms with van der Waals surface area (Å²) in [5, 5.41) is 11.0. The third-order valence-electron chi connectivity index (χ3n) is 6.29. The first-order valence-electron chi connectivity index (χ1n) is 9.40. The smallest absolute Gasteiger partial charge is 0.547 e. The molecule has 3 fully saturated rings. The Hall–Kier alpha value is -0.390. The fraction of sp³-hybridized carbons (Fsp3) is 0.667. The van der Waals surface area contributed by atoms with Gasteiger partial charge in [-0.15, -0.1) is 0 Å². The van der Waals surface area contributed by atoms with E-state index in [9.17, 15) is 9.90 Å². The molecule has 0 aromatic heterocycles. The second-order valence-corrected chi connectivity index (χ2v) is 8.18. The summed E-state index contributed by atoms with van der Waals surface area (Å²) in [6, 6.07) is 8.52. The molecule has 0 atom stereocenters. The van der Waals surface area contributed by atoms with Crippen molar-refractivity contribution in [3.05, 3.63) is 35.4 Å². The Kier molecular flexibility index (Phi) is 7.01. The fourth-order valence-corrected chi connectivity index (χ4v) is 4.38. The molecule has 4 rings (SSSR count). The molecule has 5 heteroatoms. The number of carboxylic acids is 1. The topological polar surface area (TPSA) is 58.6 Å². The molecule has 0 spiro atoms. The minimum atomic E-state index is -1.27. The molecule has 3 saturated carbocycles. The summed E-state index contributed by atoms with van der Waals surface area (Å²) in [5.74, 6) is -1.19. The van der Waals surface area contributed by atoms with Crippen molar-refractivity contribution < 1.29 is 48.9 Å². The SMILES string of the molecule is CCOC12CCC(c3ccc(COC(C)(C)C(=O)[O-])cc3)(CC1)CC2.[Na+]. The maximum Gasteiger partial charge on any atom is 1.00 e. The first kappa shape index (κ1) is 21.9. The normalized spacial score (nSPS) is 27.8. The van der Waals surface area contributed by atoms with Gasteiger partial charge in [0.25, 0.3) is 0 Å². The maximum atomic E-state index is 11.0. The number of rotatable bonds is 7. The first-order chi connectivity index (χ1) is 11.8. The predicted molar refractivity (Wildman–Crippen MR) is 94.1 cm³/mol. The zero-order valence-corrected chi connectivity index (χ0v) is 18.6. The molecular formula is C21H29NaO4. The zero-order chi connectivity index (χ0) is 18.1. The second kappa shape index (κ2) is 8.32. The van der Waals surface area contributed by atoms with Gasteiger partial charge in [-0.2, -0.15) is 0 Å². The van der Waals surface area contributed by atoms with Crippen molar-refractivity contribution in [1.29, 1.82) is 0 Å². The van der Waals surface area contributed by atoms with Crippen LogP contribution in [0.1, 0.15) is 70.4 Å². The van der Waals surface area contributed by atoms with Crippen LogP contribution in [0.2, 0.25) is 0 Å². The van der Waals surface area contributed by atoms with Crippen LogP contribution in [0, 0.1) is 0 Å². The number of carbonyl (C=O) groups excluding carboxylic acids is 1. The van der Waals surface area contributed by atoms with E-state index in [0.29, 0.717) is 5.41 Å². The van der Waals surface area contributed by atoms with E-state index in [1.807, 2.05) is 0 Å². The Balaban J connectivity index is 0.00000243. The zero-order valence-electron chi connectivity index (χ0n) is 16.6. The first-order valence-corrected chi connectivity index (χ1v) is 9.40. The number of hydrogen-bond donors (Lipinski definition) is 0. The summed E-state index contributed by atoms with van der Waals surface area (Å²) >= 11 is 0. The van der Waals surface area contributed by atoms with Crippen LogP contribution in [0.5, 0.6) is 0 Å². The van der Waals surface area contributed by atoms with E-state index in [2.05, 4.69) is 31.2 Å². The van der Waals surface area contributed by atoms with Crippen molar-refractivity contribution in [2.24, 2.45) is 0 Å². The van der Waals surface area contributed by atoms with Crippen molar-refractivity contribution in [2.75, 3.05) is 6.61 Å². The summed E-state index contributed by atoms with van der Waals surface area (Å²) in [5.41, 5.74) is 1.56. The van der Waals surface area contributed by atoms with Crippen LogP contribution < -0.4 is 34.7 Å². The van der Waals surface area contributed by atoms with E-state index >= 15 is 0 Å². The summed E-state index contributed by atoms with van der Waals surface area (Å²) in [6.07, 6.45) is 7.06. The molecule has 1 aromatic rings. The number of carboxylic acid groups (broad SMARTS) is 1. The van der Waals surface area contributed by atoms with Crippen LogP contribution >= 0.6 is 0 Å². The molecule has 0 heterocycles. The minimum absolute atomic E-state index is 0.